The highest BCUT2D eigenvalue weighted by molar-refractivity contribution is 6.05. The number of hydrogen-bond acceptors (Lipinski definition) is 6. The second kappa shape index (κ2) is 12.2. The Labute approximate surface area is 239 Å². The highest BCUT2D eigenvalue weighted by Crippen LogP contribution is 2.35. The number of anilines is 2. The molecule has 3 aromatic rings. The fraction of sp³-hybridized carbons (Fsp3) is 0.375. The second-order valence-electron chi connectivity index (χ2n) is 10.6. The molecule has 2 aliphatic heterocycles. The molecule has 0 amide bonds. The van der Waals surface area contributed by atoms with E-state index in [0.717, 1.165) is 18.4 Å². The number of carbonyl (C=O) groups is 1. The maximum absolute atomic E-state index is 14.8. The number of carboxylic acids is 1. The molecule has 1 fully saturated rings. The Morgan fingerprint density at radius 1 is 1.00 bits per heavy atom. The monoisotopic (exact) mass is 563 g/mol. The molecule has 0 spiro atoms. The smallest absolute Gasteiger partial charge is 0.305 e. The molecular formula is C32H35F2N3O4. The zero-order valence-electron chi connectivity index (χ0n) is 23.5. The highest BCUT2D eigenvalue weighted by atomic mass is 19.1. The van der Waals surface area contributed by atoms with Crippen molar-refractivity contribution in [2.75, 3.05) is 29.6 Å². The fourth-order valence-electron chi connectivity index (χ4n) is 5.57. The maximum Gasteiger partial charge on any atom is 0.305 e. The minimum atomic E-state index is -0.941. The van der Waals surface area contributed by atoms with Crippen molar-refractivity contribution in [2.24, 2.45) is 11.0 Å². The molecule has 0 aliphatic carbocycles. The first-order chi connectivity index (χ1) is 19.7. The zero-order chi connectivity index (χ0) is 29.1. The summed E-state index contributed by atoms with van der Waals surface area (Å²) in [5.41, 5.74) is 2.97. The molecule has 9 heteroatoms. The Bertz CT molecular complexity index is 1420. The van der Waals surface area contributed by atoms with Crippen LogP contribution in [0.3, 0.4) is 0 Å². The van der Waals surface area contributed by atoms with Crippen LogP contribution in [0, 0.1) is 24.5 Å². The highest BCUT2D eigenvalue weighted by Gasteiger charge is 2.38. The van der Waals surface area contributed by atoms with Crippen molar-refractivity contribution in [1.82, 2.24) is 0 Å². The van der Waals surface area contributed by atoms with Gasteiger partial charge in [0, 0.05) is 43.5 Å². The SMILES string of the molecule is CCOc1ccc(F)c(N2CCC(Oc3ccc(N4N=C(c5ccc(C)cc5F)C(C)C4CC(=O)O)cc3)CC2)c1. The summed E-state index contributed by atoms with van der Waals surface area (Å²) in [5.74, 6) is -0.525. The number of ether oxygens (including phenoxy) is 2. The van der Waals surface area contributed by atoms with Crippen molar-refractivity contribution in [1.29, 1.82) is 0 Å². The van der Waals surface area contributed by atoms with E-state index >= 15 is 0 Å². The van der Waals surface area contributed by atoms with Crippen molar-refractivity contribution >= 4 is 23.1 Å². The van der Waals surface area contributed by atoms with E-state index in [0.29, 0.717) is 53.8 Å². The third kappa shape index (κ3) is 6.29. The van der Waals surface area contributed by atoms with Gasteiger partial charge >= 0.3 is 5.97 Å². The summed E-state index contributed by atoms with van der Waals surface area (Å²) in [6.45, 7) is 7.44. The molecule has 2 atom stereocenters. The zero-order valence-corrected chi connectivity index (χ0v) is 23.5. The van der Waals surface area contributed by atoms with E-state index in [-0.39, 0.29) is 30.1 Å². The van der Waals surface area contributed by atoms with Crippen LogP contribution in [0.5, 0.6) is 11.5 Å². The van der Waals surface area contributed by atoms with Crippen molar-refractivity contribution in [3.63, 3.8) is 0 Å². The largest absolute Gasteiger partial charge is 0.494 e. The summed E-state index contributed by atoms with van der Waals surface area (Å²) < 4.78 is 41.1. The van der Waals surface area contributed by atoms with E-state index in [1.807, 2.05) is 56.0 Å². The van der Waals surface area contributed by atoms with Crippen LogP contribution >= 0.6 is 0 Å². The fourth-order valence-corrected chi connectivity index (χ4v) is 5.57. The van der Waals surface area contributed by atoms with Crippen LogP contribution in [0.1, 0.15) is 44.2 Å². The third-order valence-corrected chi connectivity index (χ3v) is 7.74. The van der Waals surface area contributed by atoms with E-state index in [4.69, 9.17) is 14.6 Å². The van der Waals surface area contributed by atoms with E-state index in [1.54, 1.807) is 23.2 Å². The topological polar surface area (TPSA) is 74.6 Å². The van der Waals surface area contributed by atoms with Gasteiger partial charge in [-0.25, -0.2) is 8.78 Å². The Morgan fingerprint density at radius 3 is 2.37 bits per heavy atom. The number of hydrazone groups is 1. The Morgan fingerprint density at radius 2 is 1.71 bits per heavy atom. The molecule has 0 saturated carbocycles. The van der Waals surface area contributed by atoms with Gasteiger partial charge in [-0.1, -0.05) is 13.0 Å². The predicted molar refractivity (Wildman–Crippen MR) is 155 cm³/mol. The van der Waals surface area contributed by atoms with Crippen molar-refractivity contribution < 1.29 is 28.2 Å². The quantitative estimate of drug-likeness (QED) is 0.324. The summed E-state index contributed by atoms with van der Waals surface area (Å²) in [6.07, 6.45) is 1.32. The molecule has 1 N–H and O–H groups in total. The third-order valence-electron chi connectivity index (χ3n) is 7.74. The van der Waals surface area contributed by atoms with Gasteiger partial charge in [0.15, 0.2) is 0 Å². The average molecular weight is 564 g/mol. The minimum absolute atomic E-state index is 0.0176. The van der Waals surface area contributed by atoms with Gasteiger partial charge in [0.2, 0.25) is 0 Å². The van der Waals surface area contributed by atoms with Crippen LogP contribution in [0.4, 0.5) is 20.2 Å². The van der Waals surface area contributed by atoms with Gasteiger partial charge in [-0.15, -0.1) is 0 Å². The Hall–Kier alpha value is -4.14. The van der Waals surface area contributed by atoms with Gasteiger partial charge in [-0.05, 0) is 67.9 Å². The van der Waals surface area contributed by atoms with Crippen LogP contribution in [0.2, 0.25) is 0 Å². The second-order valence-corrected chi connectivity index (χ2v) is 10.6. The number of benzene rings is 3. The van der Waals surface area contributed by atoms with E-state index in [9.17, 15) is 18.7 Å². The summed E-state index contributed by atoms with van der Waals surface area (Å²) in [5, 5.41) is 16.0. The summed E-state index contributed by atoms with van der Waals surface area (Å²) >= 11 is 0. The number of hydrogen-bond donors (Lipinski definition) is 1. The van der Waals surface area contributed by atoms with Crippen molar-refractivity contribution in [3.8, 4) is 11.5 Å². The number of aliphatic carboxylic acids is 1. The van der Waals surface area contributed by atoms with Gasteiger partial charge in [0.05, 0.1) is 36.2 Å². The predicted octanol–water partition coefficient (Wildman–Crippen LogP) is 6.42. The number of aryl methyl sites for hydroxylation is 1. The van der Waals surface area contributed by atoms with E-state index in [1.165, 1.54) is 12.1 Å². The lowest BCUT2D eigenvalue weighted by molar-refractivity contribution is -0.137. The molecule has 5 rings (SSSR count). The molecule has 2 unspecified atom stereocenters. The van der Waals surface area contributed by atoms with Crippen LogP contribution < -0.4 is 19.4 Å². The van der Waals surface area contributed by atoms with Crippen LogP contribution in [-0.2, 0) is 4.79 Å². The molecule has 2 aliphatic rings. The number of nitrogens with zero attached hydrogens (tertiary/aromatic N) is 3. The normalized spacial score (nSPS) is 19.3. The van der Waals surface area contributed by atoms with Crippen molar-refractivity contribution in [3.05, 3.63) is 83.4 Å². The van der Waals surface area contributed by atoms with Gasteiger partial charge < -0.3 is 19.5 Å². The Kier molecular flexibility index (Phi) is 8.42. The summed E-state index contributed by atoms with van der Waals surface area (Å²) in [6, 6.07) is 16.7. The van der Waals surface area contributed by atoms with Gasteiger partial charge in [-0.2, -0.15) is 5.10 Å². The number of halogens is 2. The van der Waals surface area contributed by atoms with Gasteiger partial charge in [-0.3, -0.25) is 9.80 Å². The molecule has 216 valence electrons. The average Bonchev–Trinajstić information content (AvgIpc) is 3.26. The van der Waals surface area contributed by atoms with E-state index < -0.39 is 12.0 Å². The molecule has 3 aromatic carbocycles. The molecule has 0 aromatic heterocycles. The lowest BCUT2D eigenvalue weighted by Crippen LogP contribution is -2.38. The number of carboxylic acid groups (broad SMARTS) is 1. The molecule has 41 heavy (non-hydrogen) atoms. The van der Waals surface area contributed by atoms with Crippen LogP contribution in [0.15, 0.2) is 65.8 Å². The van der Waals surface area contributed by atoms with Crippen LogP contribution in [0.25, 0.3) is 0 Å². The minimum Gasteiger partial charge on any atom is -0.494 e. The summed E-state index contributed by atoms with van der Waals surface area (Å²) in [7, 11) is 0. The van der Waals surface area contributed by atoms with Gasteiger partial charge in [0.1, 0.15) is 29.2 Å². The molecule has 1 saturated heterocycles. The molecule has 7 nitrogen and oxygen atoms in total. The lowest BCUT2D eigenvalue weighted by atomic mass is 9.90. The molecular weight excluding hydrogens is 528 g/mol. The first kappa shape index (κ1) is 28.4. The number of rotatable bonds is 9. The molecule has 2 heterocycles. The number of piperidine rings is 1. The van der Waals surface area contributed by atoms with E-state index in [2.05, 4.69) is 0 Å². The maximum atomic E-state index is 14.8. The lowest BCUT2D eigenvalue weighted by Gasteiger charge is -2.34. The summed E-state index contributed by atoms with van der Waals surface area (Å²) in [4.78, 5) is 13.7. The molecule has 0 radical (unpaired) electrons. The van der Waals surface area contributed by atoms with Gasteiger partial charge in [0.25, 0.3) is 0 Å². The molecule has 0 bridgehead atoms. The first-order valence-corrected chi connectivity index (χ1v) is 14.0. The van der Waals surface area contributed by atoms with Crippen LogP contribution in [-0.4, -0.2) is 48.6 Å². The van der Waals surface area contributed by atoms with Crippen molar-refractivity contribution in [2.45, 2.75) is 52.2 Å². The Balaban J connectivity index is 1.26. The standard InChI is InChI=1S/C32H35F2N3O4/c1-4-40-25-10-12-27(33)30(18-25)36-15-13-24(14-16-36)41-23-8-6-22(7-9-23)37-29(19-31(38)39)21(3)32(35-37)26-11-5-20(2)17-28(26)34/h5-12,17-18,21,24,29H,4,13-16,19H2,1-3H3,(H,38,39). The first-order valence-electron chi connectivity index (χ1n) is 14.0.